The van der Waals surface area contributed by atoms with Gasteiger partial charge in [-0.3, -0.25) is 0 Å². The van der Waals surface area contributed by atoms with Crippen LogP contribution in [0.1, 0.15) is 38.7 Å². The number of benzene rings is 1. The van der Waals surface area contributed by atoms with Crippen molar-refractivity contribution in [3.8, 4) is 23.2 Å². The Labute approximate surface area is 225 Å². The number of thiophene rings is 1. The van der Waals surface area contributed by atoms with Crippen LogP contribution in [0.4, 0.5) is 17.1 Å². The van der Waals surface area contributed by atoms with Crippen molar-refractivity contribution in [2.45, 2.75) is 38.3 Å². The summed E-state index contributed by atoms with van der Waals surface area (Å²) >= 11 is 0.855. The summed E-state index contributed by atoms with van der Waals surface area (Å²) in [6.45, 7) is 7.62. The molecule has 4 aromatic rings. The molecule has 0 unspecified atom stereocenters. The van der Waals surface area contributed by atoms with Crippen molar-refractivity contribution >= 4 is 44.1 Å². The van der Waals surface area contributed by atoms with Crippen LogP contribution < -0.4 is 5.32 Å². The number of rotatable bonds is 10. The molecule has 0 aliphatic carbocycles. The van der Waals surface area contributed by atoms with Crippen molar-refractivity contribution in [2.75, 3.05) is 18.4 Å². The molecule has 0 spiro atoms. The molecule has 3 aromatic heterocycles. The summed E-state index contributed by atoms with van der Waals surface area (Å²) in [5.74, 6) is -0.0131. The van der Waals surface area contributed by atoms with Crippen molar-refractivity contribution in [3.05, 3.63) is 59.4 Å². The maximum atomic E-state index is 13.0. The number of aromatic nitrogens is 1. The molecular formula is C26H30N4O6S2. The number of aliphatic imine (C=N–C) groups is 1. The second-order valence-electron chi connectivity index (χ2n) is 8.36. The number of hydrogen-bond donors (Lipinski definition) is 4. The van der Waals surface area contributed by atoms with Crippen molar-refractivity contribution < 1.29 is 28.2 Å². The highest BCUT2D eigenvalue weighted by Gasteiger charge is 2.31. The third kappa shape index (κ3) is 4.89. The first-order valence-corrected chi connectivity index (χ1v) is 14.4. The zero-order valence-electron chi connectivity index (χ0n) is 21.5. The molecule has 0 aliphatic heterocycles. The lowest BCUT2D eigenvalue weighted by molar-refractivity contribution is 0.404. The Bertz CT molecular complexity index is 1560. The van der Waals surface area contributed by atoms with Crippen LogP contribution in [0.15, 0.2) is 61.5 Å². The SMILES string of the molecule is CCC(=Nc1c(Nc2csc(S(=O)(=O)N(CC)CC)c2O)c(O)n(-c2ccccc2)c1O)c1ccc(C)o1. The van der Waals surface area contributed by atoms with Crippen molar-refractivity contribution in [3.63, 3.8) is 0 Å². The number of sulfonamides is 1. The highest BCUT2D eigenvalue weighted by Crippen LogP contribution is 2.50. The second-order valence-corrected chi connectivity index (χ2v) is 11.4. The van der Waals surface area contributed by atoms with E-state index in [4.69, 9.17) is 4.42 Å². The number of furan rings is 1. The first kappa shape index (κ1) is 27.3. The number of aromatic hydroxyl groups is 3. The van der Waals surface area contributed by atoms with E-state index in [-0.39, 0.29) is 46.1 Å². The van der Waals surface area contributed by atoms with Crippen LogP contribution in [-0.4, -0.2) is 51.4 Å². The zero-order chi connectivity index (χ0) is 27.6. The summed E-state index contributed by atoms with van der Waals surface area (Å²) in [5, 5.41) is 37.7. The van der Waals surface area contributed by atoms with Crippen LogP contribution >= 0.6 is 11.3 Å². The van der Waals surface area contributed by atoms with E-state index in [2.05, 4.69) is 10.3 Å². The van der Waals surface area contributed by atoms with Gasteiger partial charge in [0.15, 0.2) is 15.6 Å². The maximum absolute atomic E-state index is 13.0. The lowest BCUT2D eigenvalue weighted by atomic mass is 10.2. The van der Waals surface area contributed by atoms with E-state index in [1.165, 1.54) is 14.3 Å². The van der Waals surface area contributed by atoms with E-state index in [0.717, 1.165) is 11.3 Å². The van der Waals surface area contributed by atoms with E-state index >= 15 is 0 Å². The van der Waals surface area contributed by atoms with Gasteiger partial charge in [-0.25, -0.2) is 18.0 Å². The van der Waals surface area contributed by atoms with E-state index in [1.54, 1.807) is 56.3 Å². The Morgan fingerprint density at radius 2 is 1.74 bits per heavy atom. The molecule has 4 rings (SSSR count). The van der Waals surface area contributed by atoms with Crippen LogP contribution in [0.5, 0.6) is 17.5 Å². The normalized spacial score (nSPS) is 12.4. The Morgan fingerprint density at radius 1 is 1.05 bits per heavy atom. The third-order valence-electron chi connectivity index (χ3n) is 5.99. The predicted octanol–water partition coefficient (Wildman–Crippen LogP) is 5.86. The molecule has 0 saturated carbocycles. The van der Waals surface area contributed by atoms with Gasteiger partial charge in [-0.15, -0.1) is 11.3 Å². The van der Waals surface area contributed by atoms with Gasteiger partial charge in [0.2, 0.25) is 11.8 Å². The van der Waals surface area contributed by atoms with E-state index in [0.29, 0.717) is 29.3 Å². The van der Waals surface area contributed by atoms with E-state index < -0.39 is 15.8 Å². The first-order chi connectivity index (χ1) is 18.1. The quantitative estimate of drug-likeness (QED) is 0.179. The second kappa shape index (κ2) is 10.9. The number of nitrogens with zero attached hydrogens (tertiary/aromatic N) is 3. The van der Waals surface area contributed by atoms with Crippen LogP contribution in [-0.2, 0) is 10.0 Å². The van der Waals surface area contributed by atoms with Crippen molar-refractivity contribution in [1.29, 1.82) is 0 Å². The summed E-state index contributed by atoms with van der Waals surface area (Å²) < 4.78 is 34.0. The molecule has 0 saturated heterocycles. The molecule has 4 N–H and O–H groups in total. The monoisotopic (exact) mass is 558 g/mol. The Balaban J connectivity index is 1.87. The molecule has 0 atom stereocenters. The van der Waals surface area contributed by atoms with Crippen LogP contribution in [0.2, 0.25) is 0 Å². The fraction of sp³-hybridized carbons (Fsp3) is 0.269. The van der Waals surface area contributed by atoms with Crippen LogP contribution in [0.3, 0.4) is 0 Å². The van der Waals surface area contributed by atoms with Gasteiger partial charge < -0.3 is 25.1 Å². The lowest BCUT2D eigenvalue weighted by Gasteiger charge is -2.17. The first-order valence-electron chi connectivity index (χ1n) is 12.1. The molecule has 38 heavy (non-hydrogen) atoms. The van der Waals surface area contributed by atoms with Crippen LogP contribution in [0.25, 0.3) is 5.69 Å². The molecule has 0 aliphatic rings. The van der Waals surface area contributed by atoms with Gasteiger partial charge in [0.05, 0.1) is 17.1 Å². The van der Waals surface area contributed by atoms with Gasteiger partial charge in [-0.1, -0.05) is 39.0 Å². The van der Waals surface area contributed by atoms with Gasteiger partial charge in [-0.2, -0.15) is 4.31 Å². The average Bonchev–Trinajstić information content (AvgIpc) is 3.56. The summed E-state index contributed by atoms with van der Waals surface area (Å²) in [4.78, 5) is 4.63. The molecule has 10 nitrogen and oxygen atoms in total. The van der Waals surface area contributed by atoms with Crippen LogP contribution in [0, 0.1) is 6.92 Å². The molecule has 0 radical (unpaired) electrons. The number of hydrogen-bond acceptors (Lipinski definition) is 9. The fourth-order valence-electron chi connectivity index (χ4n) is 4.03. The minimum absolute atomic E-state index is 0.00370. The molecule has 202 valence electrons. The topological polar surface area (TPSA) is 141 Å². The summed E-state index contributed by atoms with van der Waals surface area (Å²) in [7, 11) is -3.92. The molecular weight excluding hydrogens is 528 g/mol. The average molecular weight is 559 g/mol. The summed E-state index contributed by atoms with van der Waals surface area (Å²) in [6, 6.07) is 12.3. The Hall–Kier alpha value is -3.74. The van der Waals surface area contributed by atoms with Crippen molar-refractivity contribution in [1.82, 2.24) is 8.87 Å². The highest BCUT2D eigenvalue weighted by atomic mass is 32.2. The number of aryl methyl sites for hydroxylation is 1. The molecule has 1 aromatic carbocycles. The lowest BCUT2D eigenvalue weighted by Crippen LogP contribution is -2.30. The minimum atomic E-state index is -3.92. The number of para-hydroxylation sites is 1. The fourth-order valence-corrected chi connectivity index (χ4v) is 6.87. The number of nitrogens with one attached hydrogen (secondary N) is 1. The van der Waals surface area contributed by atoms with E-state index in [1.807, 2.05) is 13.8 Å². The molecule has 3 heterocycles. The molecule has 0 bridgehead atoms. The minimum Gasteiger partial charge on any atom is -0.504 e. The van der Waals surface area contributed by atoms with Gasteiger partial charge in [0, 0.05) is 18.5 Å². The van der Waals surface area contributed by atoms with Gasteiger partial charge in [-0.05, 0) is 37.6 Å². The molecule has 0 amide bonds. The van der Waals surface area contributed by atoms with Crippen molar-refractivity contribution in [2.24, 2.45) is 4.99 Å². The standard InChI is InChI=1S/C26H30N4O6S2/c1-5-18(20-14-13-16(4)36-20)27-21-22(25(33)30(24(21)32)17-11-9-8-10-12-17)28-19-15-37-26(23(19)31)38(34,35)29(6-2)7-3/h8-15,28,31-33H,5-7H2,1-4H3. The Kier molecular flexibility index (Phi) is 7.86. The Morgan fingerprint density at radius 3 is 2.32 bits per heavy atom. The van der Waals surface area contributed by atoms with Gasteiger partial charge in [0.1, 0.15) is 17.2 Å². The summed E-state index contributed by atoms with van der Waals surface area (Å²) in [6.07, 6.45) is 0.457. The molecule has 12 heteroatoms. The molecule has 0 fully saturated rings. The predicted molar refractivity (Wildman–Crippen MR) is 148 cm³/mol. The maximum Gasteiger partial charge on any atom is 0.256 e. The summed E-state index contributed by atoms with van der Waals surface area (Å²) in [5.41, 5.74) is 1.01. The van der Waals surface area contributed by atoms with E-state index in [9.17, 15) is 23.7 Å². The highest BCUT2D eigenvalue weighted by molar-refractivity contribution is 7.91. The smallest absolute Gasteiger partial charge is 0.256 e. The zero-order valence-corrected chi connectivity index (χ0v) is 23.1. The largest absolute Gasteiger partial charge is 0.504 e. The number of anilines is 2. The van der Waals surface area contributed by atoms with Gasteiger partial charge in [0.25, 0.3) is 10.0 Å². The third-order valence-corrected chi connectivity index (χ3v) is 9.53. The van der Waals surface area contributed by atoms with Gasteiger partial charge >= 0.3 is 0 Å².